The van der Waals surface area contributed by atoms with E-state index in [2.05, 4.69) is 0 Å². The maximum Gasteiger partial charge on any atom is 0.239 e. The van der Waals surface area contributed by atoms with Crippen LogP contribution in [0.15, 0.2) is 24.3 Å². The number of hydrogen-bond acceptors (Lipinski definition) is 3. The van der Waals surface area contributed by atoms with E-state index in [9.17, 15) is 9.18 Å². The van der Waals surface area contributed by atoms with Gasteiger partial charge in [-0.1, -0.05) is 13.8 Å². The minimum absolute atomic E-state index is 0.0366. The standard InChI is InChI=1S/C16H25FN2O2/c1-12(2)11-15(18)16(20)19(3)9-4-10-21-14-7-5-13(17)6-8-14/h5-8,12,15H,4,9-11,18H2,1-3H3/t15-/m0/s1. The Kier molecular flexibility index (Phi) is 7.15. The van der Waals surface area contributed by atoms with Gasteiger partial charge in [-0.2, -0.15) is 0 Å². The van der Waals surface area contributed by atoms with Crippen LogP contribution in [-0.2, 0) is 4.79 Å². The van der Waals surface area contributed by atoms with Crippen LogP contribution in [0.4, 0.5) is 4.39 Å². The molecule has 1 atom stereocenters. The van der Waals surface area contributed by atoms with E-state index in [1.54, 1.807) is 24.1 Å². The summed E-state index contributed by atoms with van der Waals surface area (Å²) in [7, 11) is 1.75. The fourth-order valence-electron chi connectivity index (χ4n) is 2.02. The molecule has 0 saturated heterocycles. The molecule has 0 fully saturated rings. The summed E-state index contributed by atoms with van der Waals surface area (Å²) in [4.78, 5) is 13.6. The van der Waals surface area contributed by atoms with Gasteiger partial charge in [0, 0.05) is 13.6 Å². The molecule has 21 heavy (non-hydrogen) atoms. The molecule has 1 amide bonds. The molecule has 0 aliphatic rings. The van der Waals surface area contributed by atoms with Gasteiger partial charge < -0.3 is 15.4 Å². The van der Waals surface area contributed by atoms with Crippen LogP contribution in [0.1, 0.15) is 26.7 Å². The summed E-state index contributed by atoms with van der Waals surface area (Å²) >= 11 is 0. The highest BCUT2D eigenvalue weighted by Crippen LogP contribution is 2.11. The second-order valence-corrected chi connectivity index (χ2v) is 5.65. The lowest BCUT2D eigenvalue weighted by Crippen LogP contribution is -2.43. The van der Waals surface area contributed by atoms with Crippen molar-refractivity contribution in [2.75, 3.05) is 20.2 Å². The third-order valence-electron chi connectivity index (χ3n) is 3.14. The van der Waals surface area contributed by atoms with E-state index in [0.717, 1.165) is 0 Å². The molecule has 0 saturated carbocycles. The topological polar surface area (TPSA) is 55.6 Å². The van der Waals surface area contributed by atoms with E-state index in [4.69, 9.17) is 10.5 Å². The SMILES string of the molecule is CC(C)C[C@H](N)C(=O)N(C)CCCOc1ccc(F)cc1. The Balaban J connectivity index is 2.25. The molecule has 1 rings (SSSR count). The van der Waals surface area contributed by atoms with Crippen LogP contribution in [-0.4, -0.2) is 37.0 Å². The summed E-state index contributed by atoms with van der Waals surface area (Å²) in [6, 6.07) is 5.45. The lowest BCUT2D eigenvalue weighted by molar-refractivity contribution is -0.131. The maximum atomic E-state index is 12.7. The normalized spacial score (nSPS) is 12.3. The average Bonchev–Trinajstić information content (AvgIpc) is 2.43. The van der Waals surface area contributed by atoms with Crippen LogP contribution in [0.3, 0.4) is 0 Å². The van der Waals surface area contributed by atoms with E-state index in [1.807, 2.05) is 13.8 Å². The second-order valence-electron chi connectivity index (χ2n) is 5.65. The largest absolute Gasteiger partial charge is 0.494 e. The minimum atomic E-state index is -0.437. The predicted molar refractivity (Wildman–Crippen MR) is 81.6 cm³/mol. The molecule has 118 valence electrons. The maximum absolute atomic E-state index is 12.7. The summed E-state index contributed by atoms with van der Waals surface area (Å²) < 4.78 is 18.2. The summed E-state index contributed by atoms with van der Waals surface area (Å²) in [6.45, 7) is 5.15. The van der Waals surface area contributed by atoms with Crippen molar-refractivity contribution >= 4 is 5.91 Å². The van der Waals surface area contributed by atoms with Gasteiger partial charge in [-0.25, -0.2) is 4.39 Å². The smallest absolute Gasteiger partial charge is 0.239 e. The number of amides is 1. The van der Waals surface area contributed by atoms with Gasteiger partial charge in [0.15, 0.2) is 0 Å². The number of hydrogen-bond donors (Lipinski definition) is 1. The molecule has 0 bridgehead atoms. The molecule has 1 aromatic rings. The van der Waals surface area contributed by atoms with Crippen LogP contribution in [0.2, 0.25) is 0 Å². The van der Waals surface area contributed by atoms with Crippen molar-refractivity contribution < 1.29 is 13.9 Å². The third-order valence-corrected chi connectivity index (χ3v) is 3.14. The number of carbonyl (C=O) groups excluding carboxylic acids is 1. The summed E-state index contributed by atoms with van der Waals surface area (Å²) in [5.41, 5.74) is 5.87. The van der Waals surface area contributed by atoms with Gasteiger partial charge in [0.25, 0.3) is 0 Å². The Morgan fingerprint density at radius 1 is 1.33 bits per heavy atom. The molecule has 5 heteroatoms. The summed E-state index contributed by atoms with van der Waals surface area (Å²) in [5.74, 6) is 0.707. The molecular formula is C16H25FN2O2. The lowest BCUT2D eigenvalue weighted by Gasteiger charge is -2.22. The van der Waals surface area contributed by atoms with Gasteiger partial charge in [0.2, 0.25) is 5.91 Å². The Morgan fingerprint density at radius 3 is 2.52 bits per heavy atom. The molecule has 0 aliphatic heterocycles. The molecule has 0 spiro atoms. The van der Waals surface area contributed by atoms with Gasteiger partial charge in [-0.15, -0.1) is 0 Å². The van der Waals surface area contributed by atoms with Crippen molar-refractivity contribution in [3.63, 3.8) is 0 Å². The van der Waals surface area contributed by atoms with E-state index in [1.165, 1.54) is 12.1 Å². The van der Waals surface area contributed by atoms with Crippen LogP contribution >= 0.6 is 0 Å². The molecule has 4 nitrogen and oxygen atoms in total. The quantitative estimate of drug-likeness (QED) is 0.750. The minimum Gasteiger partial charge on any atom is -0.494 e. The molecule has 0 radical (unpaired) electrons. The molecule has 0 aromatic heterocycles. The zero-order valence-electron chi connectivity index (χ0n) is 13.0. The average molecular weight is 296 g/mol. The first-order valence-electron chi connectivity index (χ1n) is 7.29. The van der Waals surface area contributed by atoms with Crippen molar-refractivity contribution in [2.45, 2.75) is 32.7 Å². The molecule has 0 unspecified atom stereocenters. The van der Waals surface area contributed by atoms with Crippen LogP contribution in [0, 0.1) is 11.7 Å². The van der Waals surface area contributed by atoms with Gasteiger partial charge in [0.05, 0.1) is 12.6 Å². The highest BCUT2D eigenvalue weighted by atomic mass is 19.1. The van der Waals surface area contributed by atoms with Gasteiger partial charge in [-0.05, 0) is 43.0 Å². The van der Waals surface area contributed by atoms with Crippen LogP contribution < -0.4 is 10.5 Å². The first kappa shape index (κ1) is 17.4. The van der Waals surface area contributed by atoms with Crippen molar-refractivity contribution in [3.8, 4) is 5.75 Å². The Hall–Kier alpha value is -1.62. The predicted octanol–water partition coefficient (Wildman–Crippen LogP) is 2.43. The Bertz CT molecular complexity index is 434. The summed E-state index contributed by atoms with van der Waals surface area (Å²) in [6.07, 6.45) is 1.39. The molecule has 0 aliphatic carbocycles. The number of rotatable bonds is 8. The van der Waals surface area contributed by atoms with Crippen molar-refractivity contribution in [2.24, 2.45) is 11.7 Å². The van der Waals surface area contributed by atoms with E-state index in [0.29, 0.717) is 37.7 Å². The second kappa shape index (κ2) is 8.62. The number of nitrogens with two attached hydrogens (primary N) is 1. The van der Waals surface area contributed by atoms with Crippen LogP contribution in [0.25, 0.3) is 0 Å². The van der Waals surface area contributed by atoms with E-state index >= 15 is 0 Å². The number of carbonyl (C=O) groups is 1. The monoisotopic (exact) mass is 296 g/mol. The van der Waals surface area contributed by atoms with Crippen LogP contribution in [0.5, 0.6) is 5.75 Å². The number of halogens is 1. The molecular weight excluding hydrogens is 271 g/mol. The zero-order valence-corrected chi connectivity index (χ0v) is 13.0. The highest BCUT2D eigenvalue weighted by Gasteiger charge is 2.18. The third kappa shape index (κ3) is 6.58. The number of ether oxygens (including phenoxy) is 1. The Labute approximate surface area is 126 Å². The fraction of sp³-hybridized carbons (Fsp3) is 0.562. The van der Waals surface area contributed by atoms with Gasteiger partial charge in [0.1, 0.15) is 11.6 Å². The van der Waals surface area contributed by atoms with Crippen molar-refractivity contribution in [3.05, 3.63) is 30.1 Å². The molecule has 1 aromatic carbocycles. The number of likely N-dealkylation sites (N-methyl/N-ethyl adjacent to an activating group) is 1. The van der Waals surface area contributed by atoms with Gasteiger partial charge in [-0.3, -0.25) is 4.79 Å². The first-order chi connectivity index (χ1) is 9.90. The van der Waals surface area contributed by atoms with E-state index < -0.39 is 6.04 Å². The first-order valence-corrected chi connectivity index (χ1v) is 7.29. The molecule has 2 N–H and O–H groups in total. The summed E-state index contributed by atoms with van der Waals surface area (Å²) in [5, 5.41) is 0. The van der Waals surface area contributed by atoms with E-state index in [-0.39, 0.29) is 11.7 Å². The Morgan fingerprint density at radius 2 is 1.95 bits per heavy atom. The number of benzene rings is 1. The van der Waals surface area contributed by atoms with Gasteiger partial charge >= 0.3 is 0 Å². The zero-order chi connectivity index (χ0) is 15.8. The molecule has 0 heterocycles. The van der Waals surface area contributed by atoms with Crippen molar-refractivity contribution in [1.82, 2.24) is 4.90 Å². The highest BCUT2D eigenvalue weighted by molar-refractivity contribution is 5.81. The van der Waals surface area contributed by atoms with Crippen molar-refractivity contribution in [1.29, 1.82) is 0 Å². The lowest BCUT2D eigenvalue weighted by atomic mass is 10.0. The fourth-order valence-corrected chi connectivity index (χ4v) is 2.02. The number of nitrogens with zero attached hydrogens (tertiary/aromatic N) is 1.